The lowest BCUT2D eigenvalue weighted by atomic mass is 10.3. The van der Waals surface area contributed by atoms with E-state index in [9.17, 15) is 9.59 Å². The molecule has 0 spiro atoms. The van der Waals surface area contributed by atoms with Crippen LogP contribution in [0.5, 0.6) is 0 Å². The van der Waals surface area contributed by atoms with E-state index in [0.29, 0.717) is 16.8 Å². The highest BCUT2D eigenvalue weighted by Gasteiger charge is 2.13. The second kappa shape index (κ2) is 4.95. The van der Waals surface area contributed by atoms with Gasteiger partial charge in [0.05, 0.1) is 12.0 Å². The van der Waals surface area contributed by atoms with Crippen molar-refractivity contribution in [3.63, 3.8) is 0 Å². The number of aromatic nitrogens is 3. The van der Waals surface area contributed by atoms with Crippen LogP contribution in [0.1, 0.15) is 0 Å². The molecule has 0 atom stereocenters. The molecule has 0 radical (unpaired) electrons. The highest BCUT2D eigenvalue weighted by Crippen LogP contribution is 2.22. The molecule has 96 valence electrons. The third kappa shape index (κ3) is 1.95. The normalized spacial score (nSPS) is 11.1. The van der Waals surface area contributed by atoms with Crippen LogP contribution in [-0.2, 0) is 14.1 Å². The monoisotopic (exact) mass is 267 g/mol. The summed E-state index contributed by atoms with van der Waals surface area (Å²) in [6, 6.07) is 1.72. The fourth-order valence-corrected chi connectivity index (χ4v) is 2.53. The molecular formula is C11H13N3O3S. The maximum absolute atomic E-state index is 12.1. The number of rotatable bonds is 3. The Kier molecular flexibility index (Phi) is 3.53. The zero-order valence-corrected chi connectivity index (χ0v) is 10.9. The quantitative estimate of drug-likeness (QED) is 0.774. The molecule has 2 aromatic rings. The first-order valence-corrected chi connectivity index (χ1v) is 6.35. The van der Waals surface area contributed by atoms with Gasteiger partial charge >= 0.3 is 5.69 Å². The number of aryl methyl sites for hydroxylation is 1. The predicted octanol–water partition coefficient (Wildman–Crippen LogP) is -0.283. The number of fused-ring (bicyclic) bond motifs is 1. The van der Waals surface area contributed by atoms with Crippen LogP contribution in [0.4, 0.5) is 0 Å². The first-order valence-electron chi connectivity index (χ1n) is 5.36. The van der Waals surface area contributed by atoms with Gasteiger partial charge in [-0.15, -0.1) is 11.8 Å². The number of hydrogen-bond acceptors (Lipinski definition) is 5. The van der Waals surface area contributed by atoms with Gasteiger partial charge in [0.15, 0.2) is 0 Å². The third-order valence-electron chi connectivity index (χ3n) is 2.65. The molecule has 2 aromatic heterocycles. The van der Waals surface area contributed by atoms with Crippen molar-refractivity contribution < 1.29 is 5.11 Å². The number of aliphatic hydroxyl groups excluding tert-OH is 1. The van der Waals surface area contributed by atoms with Crippen molar-refractivity contribution in [2.24, 2.45) is 14.1 Å². The molecule has 0 aliphatic carbocycles. The van der Waals surface area contributed by atoms with Crippen molar-refractivity contribution in [3.8, 4) is 0 Å². The van der Waals surface area contributed by atoms with Crippen molar-refractivity contribution in [2.45, 2.75) is 4.90 Å². The Hall–Kier alpha value is -1.60. The maximum atomic E-state index is 12.1. The van der Waals surface area contributed by atoms with Crippen LogP contribution < -0.4 is 11.2 Å². The van der Waals surface area contributed by atoms with Crippen LogP contribution >= 0.6 is 11.8 Å². The molecule has 7 heteroatoms. The molecular weight excluding hydrogens is 254 g/mol. The molecule has 0 unspecified atom stereocenters. The zero-order chi connectivity index (χ0) is 13.3. The van der Waals surface area contributed by atoms with E-state index in [0.717, 1.165) is 9.46 Å². The first-order chi connectivity index (χ1) is 8.57. The molecule has 0 saturated heterocycles. The zero-order valence-electron chi connectivity index (χ0n) is 10.1. The molecule has 18 heavy (non-hydrogen) atoms. The van der Waals surface area contributed by atoms with Gasteiger partial charge in [-0.1, -0.05) is 0 Å². The Morgan fingerprint density at radius 2 is 2.06 bits per heavy atom. The van der Waals surface area contributed by atoms with Crippen LogP contribution in [0.2, 0.25) is 0 Å². The Bertz CT molecular complexity index is 705. The van der Waals surface area contributed by atoms with Crippen LogP contribution in [0, 0.1) is 0 Å². The van der Waals surface area contributed by atoms with E-state index in [1.54, 1.807) is 19.3 Å². The van der Waals surface area contributed by atoms with Crippen molar-refractivity contribution in [3.05, 3.63) is 33.1 Å². The van der Waals surface area contributed by atoms with Gasteiger partial charge in [0, 0.05) is 30.9 Å². The van der Waals surface area contributed by atoms with Crippen LogP contribution in [-0.4, -0.2) is 31.6 Å². The van der Waals surface area contributed by atoms with Gasteiger partial charge in [-0.05, 0) is 6.07 Å². The van der Waals surface area contributed by atoms with E-state index < -0.39 is 5.69 Å². The topological polar surface area (TPSA) is 77.1 Å². The molecule has 0 saturated carbocycles. The number of aliphatic hydroxyl groups is 1. The maximum Gasteiger partial charge on any atom is 0.332 e. The molecule has 2 rings (SSSR count). The van der Waals surface area contributed by atoms with Crippen LogP contribution in [0.3, 0.4) is 0 Å². The number of nitrogens with zero attached hydrogens (tertiary/aromatic N) is 3. The Labute approximate surface area is 107 Å². The van der Waals surface area contributed by atoms with E-state index >= 15 is 0 Å². The lowest BCUT2D eigenvalue weighted by molar-refractivity contribution is 0.322. The summed E-state index contributed by atoms with van der Waals surface area (Å²) in [7, 11) is 3.02. The minimum absolute atomic E-state index is 0.0283. The standard InChI is InChI=1S/C11H13N3O3S/c1-13-9-8(10(16)14(2)11(13)17)7(3-4-12-9)18-6-5-15/h3-4,15H,5-6H2,1-2H3. The molecule has 1 N–H and O–H groups in total. The fraction of sp³-hybridized carbons (Fsp3) is 0.364. The molecule has 6 nitrogen and oxygen atoms in total. The van der Waals surface area contributed by atoms with Crippen molar-refractivity contribution >= 4 is 22.8 Å². The average Bonchev–Trinajstić information content (AvgIpc) is 2.40. The van der Waals surface area contributed by atoms with Crippen LogP contribution in [0.15, 0.2) is 26.7 Å². The molecule has 2 heterocycles. The highest BCUT2D eigenvalue weighted by atomic mass is 32.2. The first kappa shape index (κ1) is 12.8. The van der Waals surface area contributed by atoms with E-state index in [2.05, 4.69) is 4.98 Å². The molecule has 0 amide bonds. The number of thioether (sulfide) groups is 1. The summed E-state index contributed by atoms with van der Waals surface area (Å²) in [6.07, 6.45) is 1.56. The third-order valence-corrected chi connectivity index (χ3v) is 3.69. The Morgan fingerprint density at radius 1 is 1.33 bits per heavy atom. The predicted molar refractivity (Wildman–Crippen MR) is 70.0 cm³/mol. The molecule has 0 fully saturated rings. The highest BCUT2D eigenvalue weighted by molar-refractivity contribution is 7.99. The smallest absolute Gasteiger partial charge is 0.332 e. The van der Waals surface area contributed by atoms with Gasteiger partial charge in [-0.25, -0.2) is 9.78 Å². The molecule has 0 aliphatic rings. The molecule has 0 bridgehead atoms. The summed E-state index contributed by atoms with van der Waals surface area (Å²) in [5.41, 5.74) is -0.392. The van der Waals surface area contributed by atoms with Crippen molar-refractivity contribution in [2.75, 3.05) is 12.4 Å². The van der Waals surface area contributed by atoms with E-state index in [4.69, 9.17) is 5.11 Å². The summed E-state index contributed by atoms with van der Waals surface area (Å²) in [6.45, 7) is 0.0283. The van der Waals surface area contributed by atoms with Gasteiger partial charge in [0.25, 0.3) is 5.56 Å². The van der Waals surface area contributed by atoms with Gasteiger partial charge < -0.3 is 5.11 Å². The minimum atomic E-state index is -0.399. The van der Waals surface area contributed by atoms with Crippen LogP contribution in [0.25, 0.3) is 11.0 Å². The summed E-state index contributed by atoms with van der Waals surface area (Å²) < 4.78 is 2.41. The van der Waals surface area contributed by atoms with Gasteiger partial charge in [-0.3, -0.25) is 13.9 Å². The van der Waals surface area contributed by atoms with Crippen molar-refractivity contribution in [1.29, 1.82) is 0 Å². The van der Waals surface area contributed by atoms with Gasteiger partial charge in [0.2, 0.25) is 0 Å². The van der Waals surface area contributed by atoms with E-state index in [-0.39, 0.29) is 12.2 Å². The number of hydrogen-bond donors (Lipinski definition) is 1. The summed E-state index contributed by atoms with van der Waals surface area (Å²) >= 11 is 1.37. The van der Waals surface area contributed by atoms with E-state index in [1.807, 2.05) is 0 Å². The number of pyridine rings is 1. The van der Waals surface area contributed by atoms with E-state index in [1.165, 1.54) is 23.4 Å². The second-order valence-electron chi connectivity index (χ2n) is 3.79. The summed E-state index contributed by atoms with van der Waals surface area (Å²) in [5.74, 6) is 0.491. The van der Waals surface area contributed by atoms with Gasteiger partial charge in [-0.2, -0.15) is 0 Å². The average molecular weight is 267 g/mol. The van der Waals surface area contributed by atoms with Gasteiger partial charge in [0.1, 0.15) is 5.65 Å². The molecule has 0 aromatic carbocycles. The summed E-state index contributed by atoms with van der Waals surface area (Å²) in [4.78, 5) is 28.7. The second-order valence-corrected chi connectivity index (χ2v) is 4.92. The summed E-state index contributed by atoms with van der Waals surface area (Å²) in [5, 5.41) is 9.26. The van der Waals surface area contributed by atoms with Crippen molar-refractivity contribution in [1.82, 2.24) is 14.1 Å². The lowest BCUT2D eigenvalue weighted by Crippen LogP contribution is -2.37. The minimum Gasteiger partial charge on any atom is -0.396 e. The fourth-order valence-electron chi connectivity index (χ4n) is 1.74. The SMILES string of the molecule is Cn1c(=O)c2c(SCCO)ccnc2n(C)c1=O. The molecule has 0 aliphatic heterocycles. The Balaban J connectivity index is 2.84. The lowest BCUT2D eigenvalue weighted by Gasteiger charge is -2.09. The Morgan fingerprint density at radius 3 is 2.72 bits per heavy atom. The largest absolute Gasteiger partial charge is 0.396 e.